The van der Waals surface area contributed by atoms with Crippen LogP contribution in [0.15, 0.2) is 6.07 Å². The van der Waals surface area contributed by atoms with Gasteiger partial charge < -0.3 is 25.0 Å². The minimum Gasteiger partial charge on any atom is -0.494 e. The molecule has 0 unspecified atom stereocenters. The molecule has 1 aromatic rings. The third-order valence-electron chi connectivity index (χ3n) is 3.33. The van der Waals surface area contributed by atoms with E-state index in [0.717, 1.165) is 0 Å². The van der Waals surface area contributed by atoms with E-state index < -0.39 is 0 Å². The fourth-order valence-electron chi connectivity index (χ4n) is 1.98. The number of aryl methyl sites for hydroxylation is 1. The molecule has 1 rings (SSSR count). The number of nitrogens with zero attached hydrogens (tertiary/aromatic N) is 1. The normalized spacial score (nSPS) is 10.8. The van der Waals surface area contributed by atoms with Crippen molar-refractivity contribution in [1.29, 1.82) is 0 Å². The molecule has 24 heavy (non-hydrogen) atoms. The first-order valence-corrected chi connectivity index (χ1v) is 7.91. The highest BCUT2D eigenvalue weighted by Crippen LogP contribution is 2.26. The summed E-state index contributed by atoms with van der Waals surface area (Å²) in [6.07, 6.45) is 0.547. The second-order valence-electron chi connectivity index (χ2n) is 5.44. The van der Waals surface area contributed by atoms with Crippen LogP contribution in [0.1, 0.15) is 25.3 Å². The Kier molecular flexibility index (Phi) is 8.88. The second kappa shape index (κ2) is 10.7. The van der Waals surface area contributed by atoms with Crippen molar-refractivity contribution in [2.75, 3.05) is 33.0 Å². The predicted molar refractivity (Wildman–Crippen MR) is 87.1 cm³/mol. The number of carbonyl (C=O) groups is 2. The summed E-state index contributed by atoms with van der Waals surface area (Å²) < 4.78 is 11.8. The van der Waals surface area contributed by atoms with Crippen LogP contribution in [0.25, 0.3) is 0 Å². The van der Waals surface area contributed by atoms with Crippen LogP contribution in [-0.2, 0) is 25.6 Å². The van der Waals surface area contributed by atoms with E-state index in [1.165, 1.54) is 17.6 Å². The van der Waals surface area contributed by atoms with Crippen LogP contribution in [0.4, 0.5) is 0 Å². The molecule has 0 saturated carbocycles. The van der Waals surface area contributed by atoms with E-state index in [-0.39, 0.29) is 36.4 Å². The number of ether oxygens (including phenoxy) is 2. The fourth-order valence-corrected chi connectivity index (χ4v) is 1.98. The maximum atomic E-state index is 11.7. The minimum atomic E-state index is -0.193. The van der Waals surface area contributed by atoms with Crippen molar-refractivity contribution >= 4 is 11.7 Å². The van der Waals surface area contributed by atoms with Crippen LogP contribution in [0.2, 0.25) is 0 Å². The van der Waals surface area contributed by atoms with E-state index >= 15 is 0 Å². The van der Waals surface area contributed by atoms with E-state index in [0.29, 0.717) is 45.0 Å². The Morgan fingerprint density at radius 2 is 1.79 bits per heavy atom. The van der Waals surface area contributed by atoms with Crippen LogP contribution in [-0.4, -0.2) is 59.4 Å². The highest BCUT2D eigenvalue weighted by molar-refractivity contribution is 5.76. The summed E-state index contributed by atoms with van der Waals surface area (Å²) in [5.74, 6) is -0.198. The number of aromatic hydroxyl groups is 2. The molecule has 0 fully saturated rings. The quantitative estimate of drug-likeness (QED) is 0.483. The van der Waals surface area contributed by atoms with Gasteiger partial charge in [0.15, 0.2) is 11.8 Å². The van der Waals surface area contributed by atoms with E-state index in [1.807, 2.05) is 0 Å². The average Bonchev–Trinajstić information content (AvgIpc) is 2.76. The SMILES string of the molecule is CC(=O)CCOCCOCCNC(=O)CCn1c(O)cc(C)c1O. The van der Waals surface area contributed by atoms with Gasteiger partial charge in [0.25, 0.3) is 0 Å². The number of hydrogen-bond donors (Lipinski definition) is 3. The first-order chi connectivity index (χ1) is 11.4. The molecule has 8 heteroatoms. The molecule has 8 nitrogen and oxygen atoms in total. The average molecular weight is 342 g/mol. The topological polar surface area (TPSA) is 110 Å². The molecule has 0 aliphatic heterocycles. The molecule has 136 valence electrons. The van der Waals surface area contributed by atoms with Crippen LogP contribution in [0.5, 0.6) is 11.8 Å². The minimum absolute atomic E-state index is 0.0339. The van der Waals surface area contributed by atoms with Crippen molar-refractivity contribution in [3.63, 3.8) is 0 Å². The molecular weight excluding hydrogens is 316 g/mol. The summed E-state index contributed by atoms with van der Waals surface area (Å²) in [6.45, 7) is 5.33. The van der Waals surface area contributed by atoms with Gasteiger partial charge in [-0.3, -0.25) is 14.2 Å². The number of nitrogens with one attached hydrogen (secondary N) is 1. The molecule has 0 aliphatic rings. The van der Waals surface area contributed by atoms with Crippen molar-refractivity contribution in [1.82, 2.24) is 9.88 Å². The summed E-state index contributed by atoms with van der Waals surface area (Å²) in [5.41, 5.74) is 0.562. The van der Waals surface area contributed by atoms with Crippen molar-refractivity contribution in [3.8, 4) is 11.8 Å². The molecule has 0 aliphatic carbocycles. The third kappa shape index (κ3) is 7.47. The lowest BCUT2D eigenvalue weighted by Gasteiger charge is -2.09. The predicted octanol–water partition coefficient (Wildman–Crippen LogP) is 0.726. The molecule has 0 bridgehead atoms. The molecule has 0 atom stereocenters. The lowest BCUT2D eigenvalue weighted by atomic mass is 10.3. The van der Waals surface area contributed by atoms with Crippen molar-refractivity contribution in [2.45, 2.75) is 33.2 Å². The molecule has 3 N–H and O–H groups in total. The number of aromatic nitrogens is 1. The molecule has 0 saturated heterocycles. The van der Waals surface area contributed by atoms with Gasteiger partial charge in [0.05, 0.1) is 26.4 Å². The first-order valence-electron chi connectivity index (χ1n) is 7.91. The van der Waals surface area contributed by atoms with E-state index in [2.05, 4.69) is 5.32 Å². The Bertz CT molecular complexity index is 541. The molecule has 0 aromatic carbocycles. The van der Waals surface area contributed by atoms with Crippen molar-refractivity contribution in [2.24, 2.45) is 0 Å². The van der Waals surface area contributed by atoms with E-state index in [4.69, 9.17) is 9.47 Å². The van der Waals surface area contributed by atoms with E-state index in [9.17, 15) is 19.8 Å². The van der Waals surface area contributed by atoms with Gasteiger partial charge in [0, 0.05) is 37.6 Å². The summed E-state index contributed by atoms with van der Waals surface area (Å²) >= 11 is 0. The highest BCUT2D eigenvalue weighted by Gasteiger charge is 2.11. The molecule has 1 amide bonds. The Hall–Kier alpha value is -2.06. The highest BCUT2D eigenvalue weighted by atomic mass is 16.5. The van der Waals surface area contributed by atoms with Gasteiger partial charge in [-0.2, -0.15) is 0 Å². The Morgan fingerprint density at radius 3 is 2.38 bits per heavy atom. The molecule has 1 heterocycles. The van der Waals surface area contributed by atoms with Crippen molar-refractivity contribution in [3.05, 3.63) is 11.6 Å². The number of rotatable bonds is 12. The third-order valence-corrected chi connectivity index (χ3v) is 3.33. The molecule has 0 spiro atoms. The van der Waals surface area contributed by atoms with Crippen LogP contribution in [0.3, 0.4) is 0 Å². The zero-order valence-electron chi connectivity index (χ0n) is 14.2. The van der Waals surface area contributed by atoms with Gasteiger partial charge in [-0.1, -0.05) is 0 Å². The molecule has 0 radical (unpaired) electrons. The maximum Gasteiger partial charge on any atom is 0.221 e. The second-order valence-corrected chi connectivity index (χ2v) is 5.44. The zero-order valence-corrected chi connectivity index (χ0v) is 14.2. The standard InChI is InChI=1S/C16H26N2O6/c1-12-11-15(21)18(16(12)22)6-3-14(20)17-5-8-24-10-9-23-7-4-13(2)19/h11,21-22H,3-10H2,1-2H3,(H,17,20). The lowest BCUT2D eigenvalue weighted by Crippen LogP contribution is -2.28. The first kappa shape index (κ1) is 20.0. The Morgan fingerprint density at radius 1 is 1.12 bits per heavy atom. The summed E-state index contributed by atoms with van der Waals surface area (Å²) in [5, 5.41) is 22.0. The summed E-state index contributed by atoms with van der Waals surface area (Å²) in [7, 11) is 0. The molecule has 1 aromatic heterocycles. The number of ketones is 1. The number of hydrogen-bond acceptors (Lipinski definition) is 6. The fraction of sp³-hybridized carbons (Fsp3) is 0.625. The Balaban J connectivity index is 2.03. The lowest BCUT2D eigenvalue weighted by molar-refractivity contribution is -0.121. The van der Waals surface area contributed by atoms with Crippen LogP contribution >= 0.6 is 0 Å². The van der Waals surface area contributed by atoms with E-state index in [1.54, 1.807) is 6.92 Å². The largest absolute Gasteiger partial charge is 0.494 e. The molecular formula is C16H26N2O6. The van der Waals surface area contributed by atoms with Gasteiger partial charge in [-0.25, -0.2) is 0 Å². The van der Waals surface area contributed by atoms with Gasteiger partial charge in [-0.15, -0.1) is 0 Å². The van der Waals surface area contributed by atoms with Gasteiger partial charge >= 0.3 is 0 Å². The smallest absolute Gasteiger partial charge is 0.221 e. The van der Waals surface area contributed by atoms with Crippen LogP contribution < -0.4 is 5.32 Å². The number of amides is 1. The monoisotopic (exact) mass is 342 g/mol. The maximum absolute atomic E-state index is 11.7. The van der Waals surface area contributed by atoms with Gasteiger partial charge in [0.1, 0.15) is 5.78 Å². The summed E-state index contributed by atoms with van der Waals surface area (Å²) in [4.78, 5) is 22.4. The van der Waals surface area contributed by atoms with Crippen LogP contribution in [0, 0.1) is 6.92 Å². The van der Waals surface area contributed by atoms with Gasteiger partial charge in [-0.05, 0) is 13.8 Å². The summed E-state index contributed by atoms with van der Waals surface area (Å²) in [6, 6.07) is 1.44. The number of carbonyl (C=O) groups excluding carboxylic acids is 2. The zero-order chi connectivity index (χ0) is 17.9. The number of Topliss-reactive ketones (excluding diaryl/α,β-unsaturated/α-hetero) is 1. The van der Waals surface area contributed by atoms with Crippen molar-refractivity contribution < 1.29 is 29.3 Å². The van der Waals surface area contributed by atoms with Gasteiger partial charge in [0.2, 0.25) is 5.91 Å². The Labute approximate surface area is 141 Å².